The van der Waals surface area contributed by atoms with Gasteiger partial charge in [0.2, 0.25) is 5.91 Å². The van der Waals surface area contributed by atoms with Crippen LogP contribution in [0.1, 0.15) is 23.4 Å². The Morgan fingerprint density at radius 1 is 1.18 bits per heavy atom. The fourth-order valence-electron chi connectivity index (χ4n) is 3.16. The van der Waals surface area contributed by atoms with E-state index in [1.165, 1.54) is 6.08 Å². The lowest BCUT2D eigenvalue weighted by atomic mass is 10.2. The molecule has 0 bridgehead atoms. The number of carbonyl (C=O) groups excluding carboxylic acids is 1. The molecule has 3 rings (SSSR count). The maximum atomic E-state index is 12.5. The smallest absolute Gasteiger partial charge is 0.238 e. The average molecular weight is 404 g/mol. The van der Waals surface area contributed by atoms with Gasteiger partial charge in [-0.25, -0.2) is 8.42 Å². The summed E-state index contributed by atoms with van der Waals surface area (Å²) in [5, 5.41) is 5.13. The number of hydrogen-bond acceptors (Lipinski definition) is 6. The average Bonchev–Trinajstić information content (AvgIpc) is 2.93. The van der Waals surface area contributed by atoms with Gasteiger partial charge in [-0.05, 0) is 25.0 Å². The minimum absolute atomic E-state index is 0.350. The van der Waals surface area contributed by atoms with Crippen LogP contribution in [0.2, 0.25) is 0 Å². The van der Waals surface area contributed by atoms with Crippen LogP contribution in [0.4, 0.5) is 0 Å². The number of nitrogens with zero attached hydrogens (tertiary/aromatic N) is 3. The van der Waals surface area contributed by atoms with Gasteiger partial charge in [-0.2, -0.15) is 0 Å². The van der Waals surface area contributed by atoms with Crippen LogP contribution >= 0.6 is 0 Å². The van der Waals surface area contributed by atoms with E-state index in [2.05, 4.69) is 10.1 Å². The molecule has 1 aromatic heterocycles. The van der Waals surface area contributed by atoms with Gasteiger partial charge in [-0.1, -0.05) is 35.5 Å². The second-order valence-corrected chi connectivity index (χ2v) is 8.85. The first kappa shape index (κ1) is 20.3. The van der Waals surface area contributed by atoms with Crippen molar-refractivity contribution in [3.8, 4) is 0 Å². The predicted octanol–water partition coefficient (Wildman–Crippen LogP) is 2.10. The molecule has 1 saturated heterocycles. The molecule has 0 atom stereocenters. The second kappa shape index (κ2) is 9.16. The summed E-state index contributed by atoms with van der Waals surface area (Å²) < 4.78 is 29.7. The Kier molecular flexibility index (Phi) is 6.64. The number of hydrogen-bond donors (Lipinski definition) is 0. The van der Waals surface area contributed by atoms with Crippen LogP contribution < -0.4 is 0 Å². The van der Waals surface area contributed by atoms with Gasteiger partial charge in [0.15, 0.2) is 9.84 Å². The Bertz CT molecular complexity index is 922. The molecule has 28 heavy (non-hydrogen) atoms. The van der Waals surface area contributed by atoms with E-state index in [9.17, 15) is 13.2 Å². The topological polar surface area (TPSA) is 83.7 Å². The highest BCUT2D eigenvalue weighted by atomic mass is 32.2. The van der Waals surface area contributed by atoms with E-state index in [4.69, 9.17) is 4.52 Å². The molecule has 1 aliphatic rings. The first-order chi connectivity index (χ1) is 13.4. The molecule has 1 amide bonds. The monoisotopic (exact) mass is 403 g/mol. The summed E-state index contributed by atoms with van der Waals surface area (Å²) in [6.07, 6.45) is 2.31. The lowest BCUT2D eigenvalue weighted by Gasteiger charge is -2.21. The van der Waals surface area contributed by atoms with Crippen molar-refractivity contribution in [2.75, 3.05) is 31.9 Å². The van der Waals surface area contributed by atoms with Crippen LogP contribution in [0.25, 0.3) is 6.08 Å². The van der Waals surface area contributed by atoms with Gasteiger partial charge in [-0.3, -0.25) is 9.69 Å². The number of aromatic nitrogens is 1. The third-order valence-corrected chi connectivity index (χ3v) is 5.80. The summed E-state index contributed by atoms with van der Waals surface area (Å²) in [5.74, 6) is -0.0778. The number of carbonyl (C=O) groups is 1. The molecule has 8 heteroatoms. The molecule has 1 fully saturated rings. The van der Waals surface area contributed by atoms with Crippen LogP contribution in [0, 0.1) is 6.92 Å². The van der Waals surface area contributed by atoms with Gasteiger partial charge in [-0.15, -0.1) is 0 Å². The van der Waals surface area contributed by atoms with Crippen LogP contribution in [0.5, 0.6) is 0 Å². The summed E-state index contributed by atoms with van der Waals surface area (Å²) in [5.41, 5.74) is 1.65. The van der Waals surface area contributed by atoms with E-state index in [1.807, 2.05) is 43.3 Å². The predicted molar refractivity (Wildman–Crippen MR) is 107 cm³/mol. The Labute approximate surface area is 165 Å². The number of benzene rings is 1. The van der Waals surface area contributed by atoms with E-state index in [0.29, 0.717) is 26.2 Å². The molecule has 1 aromatic carbocycles. The highest BCUT2D eigenvalue weighted by Gasteiger charge is 2.23. The van der Waals surface area contributed by atoms with Crippen molar-refractivity contribution in [3.05, 3.63) is 58.8 Å². The quantitative estimate of drug-likeness (QED) is 0.735. The van der Waals surface area contributed by atoms with Crippen LogP contribution in [-0.4, -0.2) is 61.2 Å². The lowest BCUT2D eigenvalue weighted by molar-refractivity contribution is -0.128. The van der Waals surface area contributed by atoms with Crippen LogP contribution in [0.15, 0.2) is 46.3 Å². The van der Waals surface area contributed by atoms with E-state index >= 15 is 0 Å². The third kappa shape index (κ3) is 6.03. The Balaban J connectivity index is 1.53. The lowest BCUT2D eigenvalue weighted by Crippen LogP contribution is -2.38. The zero-order valence-corrected chi connectivity index (χ0v) is 16.8. The summed E-state index contributed by atoms with van der Waals surface area (Å²) >= 11 is 0. The van der Waals surface area contributed by atoms with E-state index in [0.717, 1.165) is 35.4 Å². The number of amides is 1. The molecule has 2 heterocycles. The van der Waals surface area contributed by atoms with E-state index < -0.39 is 15.6 Å². The van der Waals surface area contributed by atoms with Crippen molar-refractivity contribution in [1.82, 2.24) is 15.0 Å². The van der Waals surface area contributed by atoms with Gasteiger partial charge in [0.05, 0.1) is 5.69 Å². The molecule has 7 nitrogen and oxygen atoms in total. The minimum atomic E-state index is -3.61. The van der Waals surface area contributed by atoms with E-state index in [-0.39, 0.29) is 5.91 Å². The number of sulfone groups is 1. The standard InChI is InChI=1S/C20H25N3O4S/c1-17-14-19(21-27-17)15-22-9-5-10-23(12-11-22)20(24)16-28(25,26)13-8-18-6-3-2-4-7-18/h2-4,6-8,13-14H,5,9-12,15-16H2,1H3/b13-8+. The maximum Gasteiger partial charge on any atom is 0.238 e. The first-order valence-electron chi connectivity index (χ1n) is 9.29. The van der Waals surface area contributed by atoms with Crippen LogP contribution in [-0.2, 0) is 21.2 Å². The summed E-state index contributed by atoms with van der Waals surface area (Å²) in [4.78, 5) is 16.4. The summed E-state index contributed by atoms with van der Waals surface area (Å²) in [6, 6.07) is 11.1. The summed E-state index contributed by atoms with van der Waals surface area (Å²) in [7, 11) is -3.61. The Morgan fingerprint density at radius 2 is 1.96 bits per heavy atom. The van der Waals surface area contributed by atoms with Crippen molar-refractivity contribution < 1.29 is 17.7 Å². The fourth-order valence-corrected chi connectivity index (χ4v) is 4.15. The van der Waals surface area contributed by atoms with Crippen molar-refractivity contribution in [2.45, 2.75) is 19.9 Å². The Morgan fingerprint density at radius 3 is 2.68 bits per heavy atom. The number of aryl methyl sites for hydroxylation is 1. The second-order valence-electron chi connectivity index (χ2n) is 6.96. The Hall–Kier alpha value is -2.45. The molecular weight excluding hydrogens is 378 g/mol. The molecule has 1 aliphatic heterocycles. The molecule has 0 aliphatic carbocycles. The van der Waals surface area contributed by atoms with Crippen LogP contribution in [0.3, 0.4) is 0 Å². The van der Waals surface area contributed by atoms with Gasteiger partial charge in [0, 0.05) is 44.2 Å². The van der Waals surface area contributed by atoms with Gasteiger partial charge in [0.1, 0.15) is 11.5 Å². The molecular formula is C20H25N3O4S. The number of rotatable bonds is 6. The molecule has 150 valence electrons. The minimum Gasteiger partial charge on any atom is -0.361 e. The SMILES string of the molecule is Cc1cc(CN2CCCN(C(=O)CS(=O)(=O)/C=C/c3ccccc3)CC2)no1. The highest BCUT2D eigenvalue weighted by molar-refractivity contribution is 7.95. The first-order valence-corrected chi connectivity index (χ1v) is 11.0. The van der Waals surface area contributed by atoms with Crippen molar-refractivity contribution >= 4 is 21.8 Å². The van der Waals surface area contributed by atoms with Crippen molar-refractivity contribution in [3.63, 3.8) is 0 Å². The van der Waals surface area contributed by atoms with Gasteiger partial charge < -0.3 is 9.42 Å². The zero-order valence-electron chi connectivity index (χ0n) is 16.0. The molecule has 0 N–H and O–H groups in total. The molecule has 2 aromatic rings. The molecule has 0 saturated carbocycles. The molecule has 0 spiro atoms. The van der Waals surface area contributed by atoms with Crippen molar-refractivity contribution in [1.29, 1.82) is 0 Å². The molecule has 0 unspecified atom stereocenters. The zero-order chi connectivity index (χ0) is 20.0. The van der Waals surface area contributed by atoms with E-state index in [1.54, 1.807) is 4.90 Å². The van der Waals surface area contributed by atoms with Gasteiger partial charge in [0.25, 0.3) is 0 Å². The summed E-state index contributed by atoms with van der Waals surface area (Å²) in [6.45, 7) is 5.09. The third-order valence-electron chi connectivity index (χ3n) is 4.60. The van der Waals surface area contributed by atoms with Gasteiger partial charge >= 0.3 is 0 Å². The maximum absolute atomic E-state index is 12.5. The fraction of sp³-hybridized carbons (Fsp3) is 0.400. The molecule has 0 radical (unpaired) electrons. The largest absolute Gasteiger partial charge is 0.361 e. The normalized spacial score (nSPS) is 16.4. The van der Waals surface area contributed by atoms with Crippen molar-refractivity contribution in [2.24, 2.45) is 0 Å². The highest BCUT2D eigenvalue weighted by Crippen LogP contribution is 2.11.